The maximum atomic E-state index is 11.8. The van der Waals surface area contributed by atoms with Gasteiger partial charge in [0, 0.05) is 31.0 Å². The van der Waals surface area contributed by atoms with Crippen molar-refractivity contribution in [3.05, 3.63) is 66.0 Å². The number of aromatic nitrogens is 2. The van der Waals surface area contributed by atoms with Crippen molar-refractivity contribution in [1.29, 1.82) is 0 Å². The molecule has 0 saturated heterocycles. The highest BCUT2D eigenvalue weighted by molar-refractivity contribution is 5.92. The molecule has 0 amide bonds. The van der Waals surface area contributed by atoms with Crippen LogP contribution in [0.5, 0.6) is 5.75 Å². The minimum Gasteiger partial charge on any atom is -0.497 e. The van der Waals surface area contributed by atoms with Crippen molar-refractivity contribution in [3.8, 4) is 22.8 Å². The molecular formula is C20H20N2O3. The molecule has 5 heteroatoms. The molecule has 0 aliphatic rings. The number of carbonyl (C=O) groups excluding carboxylic acids is 1. The summed E-state index contributed by atoms with van der Waals surface area (Å²) in [5.41, 5.74) is 3.29. The minimum absolute atomic E-state index is 0.0783. The number of imidazole rings is 1. The van der Waals surface area contributed by atoms with Crippen molar-refractivity contribution >= 4 is 5.78 Å². The quantitative estimate of drug-likeness (QED) is 0.702. The highest BCUT2D eigenvalue weighted by atomic mass is 16.5. The number of benzene rings is 2. The number of ketones is 1. The standard InChI is InChI=1S/C20H20N2O3/c1-14(24)19-13-22(17-7-3-15(4-8-17)11-12-23)20(21-19)16-5-9-18(25-2)10-6-16/h3-10,13,23H,11-12H2,1-2H3. The molecule has 0 atom stereocenters. The molecule has 1 aromatic heterocycles. The zero-order valence-corrected chi connectivity index (χ0v) is 14.3. The molecule has 1 N–H and O–H groups in total. The van der Waals surface area contributed by atoms with Gasteiger partial charge in [0.2, 0.25) is 0 Å². The number of hydrogen-bond acceptors (Lipinski definition) is 4. The average Bonchev–Trinajstić information content (AvgIpc) is 3.08. The van der Waals surface area contributed by atoms with Crippen LogP contribution in [0.15, 0.2) is 54.7 Å². The third-order valence-corrected chi connectivity index (χ3v) is 4.03. The smallest absolute Gasteiger partial charge is 0.179 e. The first-order valence-electron chi connectivity index (χ1n) is 8.07. The van der Waals surface area contributed by atoms with E-state index >= 15 is 0 Å². The summed E-state index contributed by atoms with van der Waals surface area (Å²) in [6.45, 7) is 1.63. The molecule has 0 aliphatic heterocycles. The van der Waals surface area contributed by atoms with Gasteiger partial charge in [-0.15, -0.1) is 0 Å². The van der Waals surface area contributed by atoms with E-state index in [1.165, 1.54) is 6.92 Å². The number of Topliss-reactive ketones (excluding diaryl/α,β-unsaturated/α-hetero) is 1. The highest BCUT2D eigenvalue weighted by Gasteiger charge is 2.14. The fraction of sp³-hybridized carbons (Fsp3) is 0.200. The van der Waals surface area contributed by atoms with E-state index in [4.69, 9.17) is 9.84 Å². The van der Waals surface area contributed by atoms with Gasteiger partial charge in [-0.3, -0.25) is 9.36 Å². The van der Waals surface area contributed by atoms with E-state index in [2.05, 4.69) is 4.98 Å². The highest BCUT2D eigenvalue weighted by Crippen LogP contribution is 2.25. The summed E-state index contributed by atoms with van der Waals surface area (Å²) >= 11 is 0. The van der Waals surface area contributed by atoms with Crippen LogP contribution in [0.2, 0.25) is 0 Å². The molecule has 0 spiro atoms. The molecule has 3 aromatic rings. The maximum Gasteiger partial charge on any atom is 0.179 e. The van der Waals surface area contributed by atoms with Crippen molar-refractivity contribution in [2.45, 2.75) is 13.3 Å². The molecule has 128 valence electrons. The summed E-state index contributed by atoms with van der Waals surface area (Å²) in [6, 6.07) is 15.4. The number of aliphatic hydroxyl groups is 1. The van der Waals surface area contributed by atoms with E-state index in [1.54, 1.807) is 13.3 Å². The molecule has 0 fully saturated rings. The Morgan fingerprint density at radius 3 is 2.36 bits per heavy atom. The molecule has 0 aliphatic carbocycles. The number of ether oxygens (including phenoxy) is 1. The van der Waals surface area contributed by atoms with E-state index in [-0.39, 0.29) is 12.4 Å². The lowest BCUT2D eigenvalue weighted by Crippen LogP contribution is -1.97. The van der Waals surface area contributed by atoms with E-state index in [0.29, 0.717) is 17.9 Å². The number of aliphatic hydroxyl groups excluding tert-OH is 1. The van der Waals surface area contributed by atoms with E-state index in [0.717, 1.165) is 22.6 Å². The first-order chi connectivity index (χ1) is 12.1. The van der Waals surface area contributed by atoms with Gasteiger partial charge in [-0.25, -0.2) is 4.98 Å². The van der Waals surface area contributed by atoms with Gasteiger partial charge in [-0.1, -0.05) is 12.1 Å². The fourth-order valence-corrected chi connectivity index (χ4v) is 2.64. The first kappa shape index (κ1) is 16.9. The van der Waals surface area contributed by atoms with Crippen LogP contribution in [-0.4, -0.2) is 34.2 Å². The van der Waals surface area contributed by atoms with Crippen molar-refractivity contribution in [3.63, 3.8) is 0 Å². The molecule has 0 saturated carbocycles. The van der Waals surface area contributed by atoms with E-state index in [1.807, 2.05) is 53.1 Å². The summed E-state index contributed by atoms with van der Waals surface area (Å²) in [7, 11) is 1.62. The Bertz CT molecular complexity index is 865. The molecular weight excluding hydrogens is 316 g/mol. The van der Waals surface area contributed by atoms with Gasteiger partial charge in [0.05, 0.1) is 7.11 Å². The lowest BCUT2D eigenvalue weighted by atomic mass is 10.1. The van der Waals surface area contributed by atoms with Crippen LogP contribution in [0.1, 0.15) is 23.0 Å². The molecule has 0 radical (unpaired) electrons. The van der Waals surface area contributed by atoms with Crippen LogP contribution < -0.4 is 4.74 Å². The van der Waals surface area contributed by atoms with E-state index in [9.17, 15) is 4.79 Å². The summed E-state index contributed by atoms with van der Waals surface area (Å²) < 4.78 is 7.10. The Kier molecular flexibility index (Phi) is 4.95. The average molecular weight is 336 g/mol. The van der Waals surface area contributed by atoms with Crippen LogP contribution in [0, 0.1) is 0 Å². The normalized spacial score (nSPS) is 10.7. The molecule has 0 bridgehead atoms. The van der Waals surface area contributed by atoms with Crippen molar-refractivity contribution in [2.75, 3.05) is 13.7 Å². The number of rotatable bonds is 6. The topological polar surface area (TPSA) is 64.3 Å². The number of nitrogens with zero attached hydrogens (tertiary/aromatic N) is 2. The van der Waals surface area contributed by atoms with Gasteiger partial charge < -0.3 is 9.84 Å². The van der Waals surface area contributed by atoms with Gasteiger partial charge in [-0.05, 0) is 48.4 Å². The maximum absolute atomic E-state index is 11.8. The second-order valence-electron chi connectivity index (χ2n) is 5.74. The van der Waals surface area contributed by atoms with Crippen LogP contribution in [-0.2, 0) is 6.42 Å². The summed E-state index contributed by atoms with van der Waals surface area (Å²) in [6.07, 6.45) is 2.37. The fourth-order valence-electron chi connectivity index (χ4n) is 2.64. The summed E-state index contributed by atoms with van der Waals surface area (Å²) in [5.74, 6) is 1.38. The largest absolute Gasteiger partial charge is 0.497 e. The van der Waals surface area contributed by atoms with Crippen LogP contribution in [0.4, 0.5) is 0 Å². The second kappa shape index (κ2) is 7.32. The Morgan fingerprint density at radius 2 is 1.80 bits per heavy atom. The van der Waals surface area contributed by atoms with Crippen LogP contribution >= 0.6 is 0 Å². The molecule has 1 heterocycles. The van der Waals surface area contributed by atoms with Crippen molar-refractivity contribution < 1.29 is 14.6 Å². The van der Waals surface area contributed by atoms with Gasteiger partial charge in [-0.2, -0.15) is 0 Å². The predicted octanol–water partition coefficient (Wildman–Crippen LogP) is 3.29. The lowest BCUT2D eigenvalue weighted by molar-refractivity contribution is 0.101. The zero-order valence-electron chi connectivity index (χ0n) is 14.3. The molecule has 2 aromatic carbocycles. The Hall–Kier alpha value is -2.92. The molecule has 25 heavy (non-hydrogen) atoms. The third kappa shape index (κ3) is 3.61. The second-order valence-corrected chi connectivity index (χ2v) is 5.74. The van der Waals surface area contributed by atoms with Gasteiger partial charge >= 0.3 is 0 Å². The number of hydrogen-bond donors (Lipinski definition) is 1. The predicted molar refractivity (Wildman–Crippen MR) is 96.3 cm³/mol. The number of carbonyl (C=O) groups is 1. The first-order valence-corrected chi connectivity index (χ1v) is 8.07. The Morgan fingerprint density at radius 1 is 1.12 bits per heavy atom. The minimum atomic E-state index is -0.0783. The SMILES string of the molecule is COc1ccc(-c2nc(C(C)=O)cn2-c2ccc(CCO)cc2)cc1. The summed E-state index contributed by atoms with van der Waals surface area (Å²) in [5, 5.41) is 9.04. The van der Waals surface area contributed by atoms with Crippen molar-refractivity contribution in [2.24, 2.45) is 0 Å². The van der Waals surface area contributed by atoms with Crippen molar-refractivity contribution in [1.82, 2.24) is 9.55 Å². The summed E-state index contributed by atoms with van der Waals surface area (Å²) in [4.78, 5) is 16.3. The molecule has 5 nitrogen and oxygen atoms in total. The Labute approximate surface area is 146 Å². The van der Waals surface area contributed by atoms with Crippen LogP contribution in [0.3, 0.4) is 0 Å². The molecule has 3 rings (SSSR count). The molecule has 0 unspecified atom stereocenters. The van der Waals surface area contributed by atoms with Gasteiger partial charge in [0.15, 0.2) is 5.78 Å². The Balaban J connectivity index is 2.06. The third-order valence-electron chi connectivity index (χ3n) is 4.03. The monoisotopic (exact) mass is 336 g/mol. The van der Waals surface area contributed by atoms with E-state index < -0.39 is 0 Å². The van der Waals surface area contributed by atoms with Gasteiger partial charge in [0.1, 0.15) is 17.3 Å². The number of methoxy groups -OCH3 is 1. The van der Waals surface area contributed by atoms with Gasteiger partial charge in [0.25, 0.3) is 0 Å². The zero-order chi connectivity index (χ0) is 17.8. The lowest BCUT2D eigenvalue weighted by Gasteiger charge is -2.09. The van der Waals surface area contributed by atoms with Crippen LogP contribution in [0.25, 0.3) is 17.1 Å².